The molecule has 14 heavy (non-hydrogen) atoms. The number of hydrogen-bond donors (Lipinski definition) is 0. The van der Waals surface area contributed by atoms with Crippen molar-refractivity contribution in [2.45, 2.75) is 60.8 Å². The molecule has 3 atom stereocenters. The van der Waals surface area contributed by atoms with Gasteiger partial charge in [-0.25, -0.2) is 0 Å². The number of fused-ring (bicyclic) bond motifs is 2. The van der Waals surface area contributed by atoms with E-state index in [2.05, 4.69) is 41.5 Å². The zero-order valence-electron chi connectivity index (χ0n) is 10.8. The molecule has 2 aliphatic rings. The molecule has 2 saturated carbocycles. The van der Waals surface area contributed by atoms with Crippen molar-refractivity contribution in [1.82, 2.24) is 0 Å². The lowest BCUT2D eigenvalue weighted by Gasteiger charge is -2.55. The molecule has 2 bridgehead atoms. The molecular formula is C14H26. The standard InChI is InChI=1S/C14H26/c1-12(2,3)14(6)11-8-7-10(9-11)13(14,4)5/h10-11H,7-9H2,1-6H3/t10-,11+,14?/m1/s1. The van der Waals surface area contributed by atoms with Gasteiger partial charge in [-0.2, -0.15) is 0 Å². The van der Waals surface area contributed by atoms with Gasteiger partial charge in [-0.3, -0.25) is 0 Å². The van der Waals surface area contributed by atoms with Crippen LogP contribution in [0.4, 0.5) is 0 Å². The van der Waals surface area contributed by atoms with E-state index in [4.69, 9.17) is 0 Å². The molecule has 0 amide bonds. The van der Waals surface area contributed by atoms with Crippen molar-refractivity contribution < 1.29 is 0 Å². The first-order valence-corrected chi connectivity index (χ1v) is 6.21. The van der Waals surface area contributed by atoms with Crippen LogP contribution in [0.5, 0.6) is 0 Å². The van der Waals surface area contributed by atoms with Gasteiger partial charge in [0.2, 0.25) is 0 Å². The van der Waals surface area contributed by atoms with E-state index in [1.54, 1.807) is 0 Å². The molecule has 2 rings (SSSR count). The van der Waals surface area contributed by atoms with Crippen LogP contribution in [0, 0.1) is 28.1 Å². The molecule has 0 nitrogen and oxygen atoms in total. The van der Waals surface area contributed by atoms with Crippen molar-refractivity contribution in [2.75, 3.05) is 0 Å². The van der Waals surface area contributed by atoms with E-state index in [0.717, 1.165) is 11.8 Å². The molecule has 0 aromatic rings. The monoisotopic (exact) mass is 194 g/mol. The van der Waals surface area contributed by atoms with Crippen LogP contribution in [0.3, 0.4) is 0 Å². The molecule has 0 aromatic heterocycles. The summed E-state index contributed by atoms with van der Waals surface area (Å²) in [5.74, 6) is 1.99. The molecule has 0 spiro atoms. The molecule has 82 valence electrons. The summed E-state index contributed by atoms with van der Waals surface area (Å²) in [7, 11) is 0. The van der Waals surface area contributed by atoms with Gasteiger partial charge in [0.1, 0.15) is 0 Å². The van der Waals surface area contributed by atoms with Gasteiger partial charge in [0.25, 0.3) is 0 Å². The molecule has 0 heteroatoms. The lowest BCUT2D eigenvalue weighted by Crippen LogP contribution is -2.49. The van der Waals surface area contributed by atoms with E-state index in [1.165, 1.54) is 19.3 Å². The summed E-state index contributed by atoms with van der Waals surface area (Å²) in [6, 6.07) is 0. The fourth-order valence-electron chi connectivity index (χ4n) is 4.69. The van der Waals surface area contributed by atoms with E-state index in [-0.39, 0.29) is 0 Å². The van der Waals surface area contributed by atoms with Crippen molar-refractivity contribution in [3.63, 3.8) is 0 Å². The third-order valence-electron chi connectivity index (χ3n) is 6.17. The summed E-state index contributed by atoms with van der Waals surface area (Å²) in [5.41, 5.74) is 1.55. The Hall–Kier alpha value is 0. The van der Waals surface area contributed by atoms with Crippen LogP contribution in [0.2, 0.25) is 0 Å². The predicted molar refractivity (Wildman–Crippen MR) is 62.2 cm³/mol. The van der Waals surface area contributed by atoms with Gasteiger partial charge in [-0.1, -0.05) is 41.5 Å². The summed E-state index contributed by atoms with van der Waals surface area (Å²) in [4.78, 5) is 0. The highest BCUT2D eigenvalue weighted by molar-refractivity contribution is 5.12. The van der Waals surface area contributed by atoms with Crippen molar-refractivity contribution in [3.8, 4) is 0 Å². The molecule has 0 aromatic carbocycles. The average Bonchev–Trinajstić information content (AvgIpc) is 2.52. The Morgan fingerprint density at radius 1 is 0.929 bits per heavy atom. The summed E-state index contributed by atoms with van der Waals surface area (Å²) < 4.78 is 0. The van der Waals surface area contributed by atoms with Crippen molar-refractivity contribution in [3.05, 3.63) is 0 Å². The Morgan fingerprint density at radius 2 is 1.43 bits per heavy atom. The molecule has 0 heterocycles. The summed E-state index contributed by atoms with van der Waals surface area (Å²) in [5, 5.41) is 0. The second-order valence-corrected chi connectivity index (χ2v) is 7.38. The van der Waals surface area contributed by atoms with E-state index in [1.807, 2.05) is 0 Å². The lowest BCUT2D eigenvalue weighted by molar-refractivity contribution is -0.0717. The van der Waals surface area contributed by atoms with Crippen molar-refractivity contribution in [1.29, 1.82) is 0 Å². The Morgan fingerprint density at radius 3 is 1.71 bits per heavy atom. The highest BCUT2D eigenvalue weighted by Gasteiger charge is 2.63. The van der Waals surface area contributed by atoms with Gasteiger partial charge >= 0.3 is 0 Å². The molecule has 0 saturated heterocycles. The van der Waals surface area contributed by atoms with E-state index in [9.17, 15) is 0 Å². The summed E-state index contributed by atoms with van der Waals surface area (Å²) in [6.45, 7) is 14.9. The topological polar surface area (TPSA) is 0 Å². The molecule has 2 aliphatic carbocycles. The summed E-state index contributed by atoms with van der Waals surface area (Å²) in [6.07, 6.45) is 4.48. The molecular weight excluding hydrogens is 168 g/mol. The molecule has 0 radical (unpaired) electrons. The Kier molecular flexibility index (Phi) is 1.93. The average molecular weight is 194 g/mol. The normalized spacial score (nSPS) is 45.9. The highest BCUT2D eigenvalue weighted by atomic mass is 14.7. The van der Waals surface area contributed by atoms with E-state index >= 15 is 0 Å². The van der Waals surface area contributed by atoms with Crippen LogP contribution in [-0.2, 0) is 0 Å². The first kappa shape index (κ1) is 10.5. The minimum Gasteiger partial charge on any atom is -0.0596 e. The number of hydrogen-bond acceptors (Lipinski definition) is 0. The Bertz CT molecular complexity index is 243. The van der Waals surface area contributed by atoms with Crippen LogP contribution < -0.4 is 0 Å². The third kappa shape index (κ3) is 0.955. The minimum absolute atomic E-state index is 0.455. The number of rotatable bonds is 0. The van der Waals surface area contributed by atoms with Crippen LogP contribution in [0.25, 0.3) is 0 Å². The van der Waals surface area contributed by atoms with Gasteiger partial charge in [0.15, 0.2) is 0 Å². The maximum Gasteiger partial charge on any atom is -0.0195 e. The first-order valence-electron chi connectivity index (χ1n) is 6.21. The molecule has 1 unspecified atom stereocenters. The second kappa shape index (κ2) is 2.57. The van der Waals surface area contributed by atoms with Crippen LogP contribution in [-0.4, -0.2) is 0 Å². The van der Waals surface area contributed by atoms with Gasteiger partial charge in [-0.05, 0) is 47.3 Å². The highest BCUT2D eigenvalue weighted by Crippen LogP contribution is 2.71. The van der Waals surface area contributed by atoms with Gasteiger partial charge in [0.05, 0.1) is 0 Å². The zero-order valence-corrected chi connectivity index (χ0v) is 10.8. The second-order valence-electron chi connectivity index (χ2n) is 7.38. The van der Waals surface area contributed by atoms with Gasteiger partial charge < -0.3 is 0 Å². The van der Waals surface area contributed by atoms with Gasteiger partial charge in [-0.15, -0.1) is 0 Å². The largest absolute Gasteiger partial charge is 0.0596 e. The lowest BCUT2D eigenvalue weighted by atomic mass is 9.49. The van der Waals surface area contributed by atoms with E-state index < -0.39 is 0 Å². The quantitative estimate of drug-likeness (QED) is 0.533. The Balaban J connectivity index is 2.44. The van der Waals surface area contributed by atoms with Crippen molar-refractivity contribution >= 4 is 0 Å². The first-order chi connectivity index (χ1) is 6.21. The predicted octanol–water partition coefficient (Wildman–Crippen LogP) is 4.49. The van der Waals surface area contributed by atoms with Gasteiger partial charge in [0, 0.05) is 0 Å². The van der Waals surface area contributed by atoms with E-state index in [0.29, 0.717) is 16.2 Å². The maximum absolute atomic E-state index is 2.55. The maximum atomic E-state index is 2.55. The smallest absolute Gasteiger partial charge is 0.0195 e. The molecule has 0 N–H and O–H groups in total. The fourth-order valence-corrected chi connectivity index (χ4v) is 4.69. The Labute approximate surface area is 89.5 Å². The minimum atomic E-state index is 0.455. The summed E-state index contributed by atoms with van der Waals surface area (Å²) >= 11 is 0. The molecule has 0 aliphatic heterocycles. The third-order valence-corrected chi connectivity index (χ3v) is 6.17. The SMILES string of the molecule is CC(C)(C)C1(C)[C@H]2CC[C@H](C2)C1(C)C. The van der Waals surface area contributed by atoms with Crippen LogP contribution >= 0.6 is 0 Å². The molecule has 2 fully saturated rings. The van der Waals surface area contributed by atoms with Crippen LogP contribution in [0.1, 0.15) is 60.8 Å². The fraction of sp³-hybridized carbons (Fsp3) is 1.00. The van der Waals surface area contributed by atoms with Crippen LogP contribution in [0.15, 0.2) is 0 Å². The zero-order chi connectivity index (χ0) is 10.8. The van der Waals surface area contributed by atoms with Crippen molar-refractivity contribution in [2.24, 2.45) is 28.1 Å².